The molecule has 0 rings (SSSR count). The molecule has 0 spiro atoms. The Labute approximate surface area is 86.7 Å². The molecular formula is C11H20N2O. The van der Waals surface area contributed by atoms with Gasteiger partial charge in [-0.3, -0.25) is 4.79 Å². The summed E-state index contributed by atoms with van der Waals surface area (Å²) in [5.74, 6) is 0.281. The van der Waals surface area contributed by atoms with E-state index in [1.165, 1.54) is 0 Å². The molecule has 1 unspecified atom stereocenters. The molecule has 0 saturated carbocycles. The Morgan fingerprint density at radius 2 is 2.14 bits per heavy atom. The van der Waals surface area contributed by atoms with Crippen molar-refractivity contribution in [1.29, 1.82) is 5.26 Å². The number of carbonyl (C=O) groups is 1. The van der Waals surface area contributed by atoms with Crippen LogP contribution >= 0.6 is 0 Å². The van der Waals surface area contributed by atoms with Crippen LogP contribution in [0.25, 0.3) is 0 Å². The molecule has 0 aromatic carbocycles. The first-order valence-electron chi connectivity index (χ1n) is 5.33. The highest BCUT2D eigenvalue weighted by atomic mass is 16.2. The van der Waals surface area contributed by atoms with Gasteiger partial charge in [0.05, 0.1) is 12.5 Å². The molecule has 80 valence electrons. The predicted octanol–water partition coefficient (Wildman–Crippen LogP) is 2.18. The van der Waals surface area contributed by atoms with Crippen molar-refractivity contribution in [3.63, 3.8) is 0 Å². The second-order valence-corrected chi connectivity index (χ2v) is 3.52. The molecule has 0 aliphatic carbocycles. The zero-order valence-corrected chi connectivity index (χ0v) is 9.42. The van der Waals surface area contributed by atoms with E-state index in [9.17, 15) is 4.79 Å². The third-order valence-corrected chi connectivity index (χ3v) is 2.33. The van der Waals surface area contributed by atoms with Crippen LogP contribution in [-0.2, 0) is 4.79 Å². The van der Waals surface area contributed by atoms with Gasteiger partial charge in [0.25, 0.3) is 0 Å². The van der Waals surface area contributed by atoms with Crippen molar-refractivity contribution in [3.8, 4) is 6.07 Å². The standard InChI is InChI=1S/C11H20N2O/c1-4-7-10(3)11(14)13(5-2)9-6-8-12/h10H,4-7,9H2,1-3H3. The third-order valence-electron chi connectivity index (χ3n) is 2.33. The second-order valence-electron chi connectivity index (χ2n) is 3.52. The largest absolute Gasteiger partial charge is 0.342 e. The Morgan fingerprint density at radius 1 is 1.50 bits per heavy atom. The van der Waals surface area contributed by atoms with Gasteiger partial charge in [-0.2, -0.15) is 5.26 Å². The normalized spacial score (nSPS) is 11.9. The van der Waals surface area contributed by atoms with Crippen molar-refractivity contribution in [2.24, 2.45) is 5.92 Å². The fraction of sp³-hybridized carbons (Fsp3) is 0.818. The molecule has 0 bridgehead atoms. The van der Waals surface area contributed by atoms with Gasteiger partial charge in [-0.15, -0.1) is 0 Å². The molecule has 0 aliphatic heterocycles. The lowest BCUT2D eigenvalue weighted by molar-refractivity contribution is -0.134. The van der Waals surface area contributed by atoms with Gasteiger partial charge in [0.1, 0.15) is 0 Å². The van der Waals surface area contributed by atoms with Crippen molar-refractivity contribution in [2.45, 2.75) is 40.0 Å². The summed E-state index contributed by atoms with van der Waals surface area (Å²) in [6.07, 6.45) is 2.39. The lowest BCUT2D eigenvalue weighted by Crippen LogP contribution is -2.35. The first-order valence-corrected chi connectivity index (χ1v) is 5.33. The van der Waals surface area contributed by atoms with Crippen LogP contribution in [0.4, 0.5) is 0 Å². The maximum absolute atomic E-state index is 11.8. The maximum Gasteiger partial charge on any atom is 0.225 e. The number of nitriles is 1. The van der Waals surface area contributed by atoms with E-state index >= 15 is 0 Å². The molecule has 1 atom stereocenters. The molecule has 0 aromatic rings. The van der Waals surface area contributed by atoms with E-state index in [0.717, 1.165) is 12.8 Å². The van der Waals surface area contributed by atoms with Gasteiger partial charge in [-0.05, 0) is 13.3 Å². The number of nitrogens with zero attached hydrogens (tertiary/aromatic N) is 2. The van der Waals surface area contributed by atoms with Gasteiger partial charge >= 0.3 is 0 Å². The predicted molar refractivity (Wildman–Crippen MR) is 56.6 cm³/mol. The second kappa shape index (κ2) is 7.37. The van der Waals surface area contributed by atoms with E-state index in [0.29, 0.717) is 19.5 Å². The number of carbonyl (C=O) groups excluding carboxylic acids is 1. The van der Waals surface area contributed by atoms with Crippen LogP contribution in [0.1, 0.15) is 40.0 Å². The van der Waals surface area contributed by atoms with Gasteiger partial charge in [0, 0.05) is 19.0 Å². The Kier molecular flexibility index (Phi) is 6.82. The molecule has 3 heteroatoms. The van der Waals surface area contributed by atoms with E-state index in [-0.39, 0.29) is 11.8 Å². The summed E-state index contributed by atoms with van der Waals surface area (Å²) in [6, 6.07) is 2.06. The van der Waals surface area contributed by atoms with Crippen molar-refractivity contribution in [3.05, 3.63) is 0 Å². The summed E-state index contributed by atoms with van der Waals surface area (Å²) in [5, 5.41) is 8.45. The van der Waals surface area contributed by atoms with E-state index in [2.05, 4.69) is 13.0 Å². The minimum atomic E-state index is 0.0960. The zero-order chi connectivity index (χ0) is 11.0. The molecule has 0 fully saturated rings. The quantitative estimate of drug-likeness (QED) is 0.653. The van der Waals surface area contributed by atoms with Crippen molar-refractivity contribution < 1.29 is 4.79 Å². The monoisotopic (exact) mass is 196 g/mol. The molecule has 0 radical (unpaired) electrons. The fourth-order valence-electron chi connectivity index (χ4n) is 1.48. The summed E-state index contributed by atoms with van der Waals surface area (Å²) in [5.41, 5.74) is 0. The van der Waals surface area contributed by atoms with Crippen LogP contribution in [0, 0.1) is 17.2 Å². The topological polar surface area (TPSA) is 44.1 Å². The van der Waals surface area contributed by atoms with E-state index in [1.54, 1.807) is 4.90 Å². The van der Waals surface area contributed by atoms with Gasteiger partial charge < -0.3 is 4.90 Å². The lowest BCUT2D eigenvalue weighted by Gasteiger charge is -2.23. The SMILES string of the molecule is CCCC(C)C(=O)N(CC)CCC#N. The molecule has 0 heterocycles. The van der Waals surface area contributed by atoms with Crippen LogP contribution in [0.2, 0.25) is 0 Å². The van der Waals surface area contributed by atoms with Crippen LogP contribution in [0.5, 0.6) is 0 Å². The van der Waals surface area contributed by atoms with Gasteiger partial charge in [0.15, 0.2) is 0 Å². The highest BCUT2D eigenvalue weighted by Crippen LogP contribution is 2.09. The summed E-state index contributed by atoms with van der Waals surface area (Å²) in [4.78, 5) is 13.6. The zero-order valence-electron chi connectivity index (χ0n) is 9.42. The van der Waals surface area contributed by atoms with Crippen molar-refractivity contribution in [1.82, 2.24) is 4.90 Å². The fourth-order valence-corrected chi connectivity index (χ4v) is 1.48. The van der Waals surface area contributed by atoms with Gasteiger partial charge in [-0.1, -0.05) is 20.3 Å². The van der Waals surface area contributed by atoms with E-state index in [4.69, 9.17) is 5.26 Å². The highest BCUT2D eigenvalue weighted by Gasteiger charge is 2.17. The summed E-state index contributed by atoms with van der Waals surface area (Å²) >= 11 is 0. The summed E-state index contributed by atoms with van der Waals surface area (Å²) < 4.78 is 0. The van der Waals surface area contributed by atoms with Crippen LogP contribution in [0.3, 0.4) is 0 Å². The molecule has 3 nitrogen and oxygen atoms in total. The summed E-state index contributed by atoms with van der Waals surface area (Å²) in [7, 11) is 0. The molecular weight excluding hydrogens is 176 g/mol. The molecule has 0 saturated heterocycles. The minimum absolute atomic E-state index is 0.0960. The van der Waals surface area contributed by atoms with Crippen LogP contribution in [0.15, 0.2) is 0 Å². The van der Waals surface area contributed by atoms with E-state index in [1.807, 2.05) is 13.8 Å². The third kappa shape index (κ3) is 4.27. The highest BCUT2D eigenvalue weighted by molar-refractivity contribution is 5.78. The number of hydrogen-bond acceptors (Lipinski definition) is 2. The number of rotatable bonds is 6. The van der Waals surface area contributed by atoms with Gasteiger partial charge in [0.2, 0.25) is 5.91 Å². The average molecular weight is 196 g/mol. The molecule has 0 aliphatic rings. The van der Waals surface area contributed by atoms with Crippen LogP contribution in [-0.4, -0.2) is 23.9 Å². The van der Waals surface area contributed by atoms with E-state index < -0.39 is 0 Å². The first-order chi connectivity index (χ1) is 6.67. The maximum atomic E-state index is 11.8. The van der Waals surface area contributed by atoms with Crippen molar-refractivity contribution in [2.75, 3.05) is 13.1 Å². The smallest absolute Gasteiger partial charge is 0.225 e. The lowest BCUT2D eigenvalue weighted by atomic mass is 10.0. The molecule has 1 amide bonds. The molecule has 14 heavy (non-hydrogen) atoms. The van der Waals surface area contributed by atoms with Crippen LogP contribution < -0.4 is 0 Å². The minimum Gasteiger partial charge on any atom is -0.342 e. The van der Waals surface area contributed by atoms with Crippen molar-refractivity contribution >= 4 is 5.91 Å². The Morgan fingerprint density at radius 3 is 2.57 bits per heavy atom. The Hall–Kier alpha value is -1.04. The average Bonchev–Trinajstić information content (AvgIpc) is 2.19. The Balaban J connectivity index is 4.09. The number of amides is 1. The first kappa shape index (κ1) is 13.0. The Bertz CT molecular complexity index is 208. The summed E-state index contributed by atoms with van der Waals surface area (Å²) in [6.45, 7) is 7.26. The van der Waals surface area contributed by atoms with Gasteiger partial charge in [-0.25, -0.2) is 0 Å². The number of hydrogen-bond donors (Lipinski definition) is 0. The molecule has 0 aromatic heterocycles. The molecule has 0 N–H and O–H groups in total.